The van der Waals surface area contributed by atoms with Gasteiger partial charge in [-0.25, -0.2) is 0 Å². The van der Waals surface area contributed by atoms with Gasteiger partial charge in [-0.2, -0.15) is 0 Å². The molecule has 2 rings (SSSR count). The second-order valence-corrected chi connectivity index (χ2v) is 5.03. The highest BCUT2D eigenvalue weighted by Gasteiger charge is 2.27. The van der Waals surface area contributed by atoms with Crippen molar-refractivity contribution in [3.05, 3.63) is 28.3 Å². The van der Waals surface area contributed by atoms with Gasteiger partial charge in [0.05, 0.1) is 11.0 Å². The Bertz CT molecular complexity index is 478. The van der Waals surface area contributed by atoms with Crippen LogP contribution >= 0.6 is 0 Å². The molecular weight excluding hydrogens is 246 g/mol. The van der Waals surface area contributed by atoms with Crippen molar-refractivity contribution in [3.63, 3.8) is 0 Å². The number of nitro benzene ring substituents is 1. The molecule has 0 bridgehead atoms. The fraction of sp³-hybridized carbons (Fsp3) is 0.538. The molecule has 2 atom stereocenters. The van der Waals surface area contributed by atoms with Crippen molar-refractivity contribution in [1.82, 2.24) is 0 Å². The molecule has 2 unspecified atom stereocenters. The number of hydrogen-bond donors (Lipinski definition) is 1. The molecule has 1 aliphatic heterocycles. The first-order chi connectivity index (χ1) is 9.01. The first kappa shape index (κ1) is 13.6. The molecule has 1 heterocycles. The SMILES string of the molecule is COC1CN(c2cc(N)cc([N+](=O)[O-])c2)CCC1C. The van der Waals surface area contributed by atoms with Gasteiger partial charge in [0.25, 0.3) is 5.69 Å². The summed E-state index contributed by atoms with van der Waals surface area (Å²) in [5, 5.41) is 10.9. The molecule has 0 spiro atoms. The van der Waals surface area contributed by atoms with Crippen molar-refractivity contribution in [1.29, 1.82) is 0 Å². The van der Waals surface area contributed by atoms with E-state index in [9.17, 15) is 10.1 Å². The number of anilines is 2. The Morgan fingerprint density at radius 3 is 2.84 bits per heavy atom. The summed E-state index contributed by atoms with van der Waals surface area (Å²) in [5.41, 5.74) is 6.97. The van der Waals surface area contributed by atoms with Crippen LogP contribution in [0.25, 0.3) is 0 Å². The Morgan fingerprint density at radius 1 is 1.47 bits per heavy atom. The Morgan fingerprint density at radius 2 is 2.21 bits per heavy atom. The van der Waals surface area contributed by atoms with Crippen LogP contribution in [0.2, 0.25) is 0 Å². The van der Waals surface area contributed by atoms with Crippen LogP contribution in [0.5, 0.6) is 0 Å². The lowest BCUT2D eigenvalue weighted by molar-refractivity contribution is -0.384. The third-order valence-electron chi connectivity index (χ3n) is 3.69. The predicted molar refractivity (Wildman–Crippen MR) is 74.3 cm³/mol. The number of piperidine rings is 1. The number of nitrogens with zero attached hydrogens (tertiary/aromatic N) is 2. The van der Waals surface area contributed by atoms with Crippen molar-refractivity contribution in [3.8, 4) is 0 Å². The van der Waals surface area contributed by atoms with Gasteiger partial charge in [-0.1, -0.05) is 6.92 Å². The first-order valence-corrected chi connectivity index (χ1v) is 6.34. The Labute approximate surface area is 112 Å². The number of non-ortho nitro benzene ring substituents is 1. The molecule has 0 radical (unpaired) electrons. The Balaban J connectivity index is 2.24. The van der Waals surface area contributed by atoms with Crippen molar-refractivity contribution in [2.75, 3.05) is 30.8 Å². The maximum Gasteiger partial charge on any atom is 0.273 e. The highest BCUT2D eigenvalue weighted by atomic mass is 16.6. The summed E-state index contributed by atoms with van der Waals surface area (Å²) in [7, 11) is 1.70. The average molecular weight is 265 g/mol. The molecule has 1 aliphatic rings. The maximum atomic E-state index is 10.9. The van der Waals surface area contributed by atoms with Crippen LogP contribution in [0.1, 0.15) is 13.3 Å². The second-order valence-electron chi connectivity index (χ2n) is 5.03. The molecule has 104 valence electrons. The zero-order chi connectivity index (χ0) is 14.0. The van der Waals surface area contributed by atoms with Crippen molar-refractivity contribution in [2.24, 2.45) is 5.92 Å². The van der Waals surface area contributed by atoms with Gasteiger partial charge >= 0.3 is 0 Å². The largest absolute Gasteiger partial charge is 0.398 e. The third kappa shape index (κ3) is 2.96. The second kappa shape index (κ2) is 5.44. The minimum Gasteiger partial charge on any atom is -0.398 e. The fourth-order valence-electron chi connectivity index (χ4n) is 2.48. The van der Waals surface area contributed by atoms with Gasteiger partial charge in [0, 0.05) is 43.7 Å². The number of nitrogen functional groups attached to an aromatic ring is 1. The zero-order valence-electron chi connectivity index (χ0n) is 11.2. The summed E-state index contributed by atoms with van der Waals surface area (Å²) < 4.78 is 5.46. The first-order valence-electron chi connectivity index (χ1n) is 6.34. The van der Waals surface area contributed by atoms with Gasteiger partial charge in [-0.15, -0.1) is 0 Å². The van der Waals surface area contributed by atoms with E-state index in [0.29, 0.717) is 11.6 Å². The van der Waals surface area contributed by atoms with Crippen LogP contribution < -0.4 is 10.6 Å². The number of nitrogens with two attached hydrogens (primary N) is 1. The van der Waals surface area contributed by atoms with Crippen molar-refractivity contribution < 1.29 is 9.66 Å². The van der Waals surface area contributed by atoms with E-state index in [1.54, 1.807) is 19.2 Å². The highest BCUT2D eigenvalue weighted by molar-refractivity contribution is 5.63. The van der Waals surface area contributed by atoms with Crippen LogP contribution in [0, 0.1) is 16.0 Å². The average Bonchev–Trinajstić information content (AvgIpc) is 2.38. The van der Waals surface area contributed by atoms with Crippen LogP contribution in [0.3, 0.4) is 0 Å². The van der Waals surface area contributed by atoms with Crippen LogP contribution in [-0.2, 0) is 4.74 Å². The van der Waals surface area contributed by atoms with Gasteiger partial charge in [-0.3, -0.25) is 10.1 Å². The maximum absolute atomic E-state index is 10.9. The number of ether oxygens (including phenoxy) is 1. The Kier molecular flexibility index (Phi) is 3.90. The number of benzene rings is 1. The standard InChI is InChI=1S/C13H19N3O3/c1-9-3-4-15(8-13(9)19-2)11-5-10(14)6-12(7-11)16(17)18/h5-7,9,13H,3-4,8,14H2,1-2H3. The summed E-state index contributed by atoms with van der Waals surface area (Å²) in [6.07, 6.45) is 1.15. The van der Waals surface area contributed by atoms with Gasteiger partial charge in [0.1, 0.15) is 0 Å². The lowest BCUT2D eigenvalue weighted by Crippen LogP contribution is -2.43. The Hall–Kier alpha value is -1.82. The van der Waals surface area contributed by atoms with E-state index in [-0.39, 0.29) is 11.8 Å². The topological polar surface area (TPSA) is 81.6 Å². The molecule has 0 saturated carbocycles. The molecule has 0 aromatic heterocycles. The molecule has 6 nitrogen and oxygen atoms in total. The predicted octanol–water partition coefficient (Wildman–Crippen LogP) is 2.04. The fourth-order valence-corrected chi connectivity index (χ4v) is 2.48. The van der Waals surface area contributed by atoms with E-state index in [0.717, 1.165) is 25.2 Å². The van der Waals surface area contributed by atoms with Gasteiger partial charge < -0.3 is 15.4 Å². The summed E-state index contributed by atoms with van der Waals surface area (Å²) in [6.45, 7) is 3.76. The number of methoxy groups -OCH3 is 1. The van der Waals surface area contributed by atoms with Gasteiger partial charge in [0.2, 0.25) is 0 Å². The molecule has 1 aromatic rings. The molecule has 6 heteroatoms. The van der Waals surface area contributed by atoms with E-state index in [1.165, 1.54) is 6.07 Å². The van der Waals surface area contributed by atoms with E-state index >= 15 is 0 Å². The van der Waals surface area contributed by atoms with E-state index < -0.39 is 4.92 Å². The smallest absolute Gasteiger partial charge is 0.273 e. The third-order valence-corrected chi connectivity index (χ3v) is 3.69. The normalized spacial score (nSPS) is 23.4. The minimum absolute atomic E-state index is 0.0302. The van der Waals surface area contributed by atoms with Crippen LogP contribution in [0.15, 0.2) is 18.2 Å². The number of nitro groups is 1. The molecular formula is C13H19N3O3. The van der Waals surface area contributed by atoms with E-state index in [4.69, 9.17) is 10.5 Å². The zero-order valence-corrected chi connectivity index (χ0v) is 11.2. The molecule has 2 N–H and O–H groups in total. The summed E-state index contributed by atoms with van der Waals surface area (Å²) in [6, 6.07) is 4.72. The van der Waals surface area contributed by atoms with Crippen molar-refractivity contribution in [2.45, 2.75) is 19.4 Å². The number of rotatable bonds is 3. The lowest BCUT2D eigenvalue weighted by atomic mass is 9.95. The van der Waals surface area contributed by atoms with E-state index in [1.807, 2.05) is 0 Å². The van der Waals surface area contributed by atoms with Crippen molar-refractivity contribution >= 4 is 17.1 Å². The molecule has 1 saturated heterocycles. The lowest BCUT2D eigenvalue weighted by Gasteiger charge is -2.37. The van der Waals surface area contributed by atoms with Gasteiger partial charge in [-0.05, 0) is 18.4 Å². The summed E-state index contributed by atoms with van der Waals surface area (Å²) >= 11 is 0. The quantitative estimate of drug-likeness (QED) is 0.514. The summed E-state index contributed by atoms with van der Waals surface area (Å²) in [5.74, 6) is 0.497. The molecule has 0 aliphatic carbocycles. The molecule has 1 fully saturated rings. The minimum atomic E-state index is -0.416. The van der Waals surface area contributed by atoms with E-state index in [2.05, 4.69) is 11.8 Å². The van der Waals surface area contributed by atoms with Crippen LogP contribution in [-0.4, -0.2) is 31.2 Å². The molecule has 0 amide bonds. The molecule has 1 aromatic carbocycles. The monoisotopic (exact) mass is 265 g/mol. The molecule has 19 heavy (non-hydrogen) atoms. The van der Waals surface area contributed by atoms with Crippen LogP contribution in [0.4, 0.5) is 17.1 Å². The number of hydrogen-bond acceptors (Lipinski definition) is 5. The summed E-state index contributed by atoms with van der Waals surface area (Å²) in [4.78, 5) is 12.5. The highest BCUT2D eigenvalue weighted by Crippen LogP contribution is 2.29. The van der Waals surface area contributed by atoms with Gasteiger partial charge in [0.15, 0.2) is 0 Å².